The SMILES string of the molecule is CC[C@@H](NC(=O)[C@H]1CCC[C@@H](NC(=O)OCC2c3ccccc3-c3ccccc32)C1)C(=O)O. The number of carbonyl (C=O) groups is 3. The fourth-order valence-electron chi connectivity index (χ4n) is 4.99. The van der Waals surface area contributed by atoms with Gasteiger partial charge in [-0.2, -0.15) is 0 Å². The number of ether oxygens (including phenoxy) is 1. The average molecular weight is 451 g/mol. The van der Waals surface area contributed by atoms with Gasteiger partial charge in [0.25, 0.3) is 0 Å². The molecule has 2 aliphatic carbocycles. The molecule has 0 aliphatic heterocycles. The molecule has 174 valence electrons. The summed E-state index contributed by atoms with van der Waals surface area (Å²) >= 11 is 0. The van der Waals surface area contributed by atoms with Crippen LogP contribution in [0.5, 0.6) is 0 Å². The van der Waals surface area contributed by atoms with E-state index in [9.17, 15) is 19.5 Å². The molecule has 7 nitrogen and oxygen atoms in total. The van der Waals surface area contributed by atoms with Crippen LogP contribution in [0.3, 0.4) is 0 Å². The average Bonchev–Trinajstić information content (AvgIpc) is 3.14. The van der Waals surface area contributed by atoms with E-state index in [-0.39, 0.29) is 30.4 Å². The lowest BCUT2D eigenvalue weighted by atomic mass is 9.85. The summed E-state index contributed by atoms with van der Waals surface area (Å²) in [7, 11) is 0. The van der Waals surface area contributed by atoms with E-state index < -0.39 is 18.1 Å². The van der Waals surface area contributed by atoms with Crippen molar-refractivity contribution in [2.75, 3.05) is 6.61 Å². The Labute approximate surface area is 193 Å². The fraction of sp³-hybridized carbons (Fsp3) is 0.423. The monoisotopic (exact) mass is 450 g/mol. The third kappa shape index (κ3) is 5.02. The van der Waals surface area contributed by atoms with E-state index in [0.29, 0.717) is 19.3 Å². The molecule has 3 N–H and O–H groups in total. The van der Waals surface area contributed by atoms with E-state index in [0.717, 1.165) is 24.0 Å². The molecule has 2 aromatic rings. The number of carbonyl (C=O) groups excluding carboxylic acids is 2. The van der Waals surface area contributed by atoms with Crippen LogP contribution in [0.4, 0.5) is 4.79 Å². The molecule has 0 radical (unpaired) electrons. The summed E-state index contributed by atoms with van der Waals surface area (Å²) in [5, 5.41) is 14.7. The number of nitrogens with one attached hydrogen (secondary N) is 2. The third-order valence-electron chi connectivity index (χ3n) is 6.73. The smallest absolute Gasteiger partial charge is 0.407 e. The van der Waals surface area contributed by atoms with Crippen molar-refractivity contribution in [3.8, 4) is 11.1 Å². The molecule has 0 saturated heterocycles. The second-order valence-electron chi connectivity index (χ2n) is 8.84. The van der Waals surface area contributed by atoms with Gasteiger partial charge in [0, 0.05) is 17.9 Å². The maximum Gasteiger partial charge on any atom is 0.407 e. The number of carboxylic acid groups (broad SMARTS) is 1. The molecule has 3 atom stereocenters. The van der Waals surface area contributed by atoms with E-state index in [1.165, 1.54) is 11.1 Å². The number of aliphatic carboxylic acids is 1. The van der Waals surface area contributed by atoms with E-state index in [1.54, 1.807) is 6.92 Å². The topological polar surface area (TPSA) is 105 Å². The lowest BCUT2D eigenvalue weighted by Crippen LogP contribution is -2.47. The molecule has 2 aromatic carbocycles. The van der Waals surface area contributed by atoms with Crippen molar-refractivity contribution in [3.63, 3.8) is 0 Å². The molecule has 33 heavy (non-hydrogen) atoms. The van der Waals surface area contributed by atoms with Crippen LogP contribution in [0, 0.1) is 5.92 Å². The van der Waals surface area contributed by atoms with Crippen molar-refractivity contribution in [1.29, 1.82) is 0 Å². The van der Waals surface area contributed by atoms with Crippen molar-refractivity contribution in [3.05, 3.63) is 59.7 Å². The minimum absolute atomic E-state index is 0.00460. The van der Waals surface area contributed by atoms with Crippen molar-refractivity contribution in [2.45, 2.75) is 57.0 Å². The van der Waals surface area contributed by atoms with Gasteiger partial charge in [-0.25, -0.2) is 9.59 Å². The van der Waals surface area contributed by atoms with E-state index in [2.05, 4.69) is 34.9 Å². The van der Waals surface area contributed by atoms with Gasteiger partial charge in [0.15, 0.2) is 0 Å². The Hall–Kier alpha value is -3.35. The fourth-order valence-corrected chi connectivity index (χ4v) is 4.99. The van der Waals surface area contributed by atoms with Gasteiger partial charge < -0.3 is 20.5 Å². The van der Waals surface area contributed by atoms with Gasteiger partial charge >= 0.3 is 12.1 Å². The molecule has 0 spiro atoms. The molecule has 2 amide bonds. The Morgan fingerprint density at radius 1 is 1.03 bits per heavy atom. The van der Waals surface area contributed by atoms with Gasteiger partial charge in [-0.15, -0.1) is 0 Å². The Morgan fingerprint density at radius 2 is 1.67 bits per heavy atom. The Bertz CT molecular complexity index is 991. The van der Waals surface area contributed by atoms with Gasteiger partial charge in [0.05, 0.1) is 0 Å². The van der Waals surface area contributed by atoms with E-state index in [1.807, 2.05) is 24.3 Å². The predicted molar refractivity (Wildman–Crippen MR) is 124 cm³/mol. The summed E-state index contributed by atoms with van der Waals surface area (Å²) in [6.07, 6.45) is 2.56. The Balaban J connectivity index is 1.32. The molecular weight excluding hydrogens is 420 g/mol. The number of carboxylic acids is 1. The number of fused-ring (bicyclic) bond motifs is 3. The maximum atomic E-state index is 12.6. The first-order valence-electron chi connectivity index (χ1n) is 11.6. The highest BCUT2D eigenvalue weighted by Crippen LogP contribution is 2.44. The van der Waals surface area contributed by atoms with Crippen molar-refractivity contribution < 1.29 is 24.2 Å². The van der Waals surface area contributed by atoms with Crippen LogP contribution >= 0.6 is 0 Å². The van der Waals surface area contributed by atoms with E-state index in [4.69, 9.17) is 4.74 Å². The molecule has 4 rings (SSSR count). The van der Waals surface area contributed by atoms with Crippen molar-refractivity contribution >= 4 is 18.0 Å². The number of amides is 2. The zero-order valence-electron chi connectivity index (χ0n) is 18.8. The van der Waals surface area contributed by atoms with Crippen molar-refractivity contribution in [1.82, 2.24) is 10.6 Å². The lowest BCUT2D eigenvalue weighted by molar-refractivity contribution is -0.142. The largest absolute Gasteiger partial charge is 0.480 e. The molecule has 1 fully saturated rings. The van der Waals surface area contributed by atoms with Crippen LogP contribution in [0.1, 0.15) is 56.1 Å². The first-order valence-corrected chi connectivity index (χ1v) is 11.6. The normalized spacial score (nSPS) is 20.3. The van der Waals surface area contributed by atoms with Crippen LogP contribution in [0.25, 0.3) is 11.1 Å². The highest BCUT2D eigenvalue weighted by atomic mass is 16.5. The molecular formula is C26H30N2O5. The zero-order chi connectivity index (χ0) is 23.4. The quantitative estimate of drug-likeness (QED) is 0.590. The van der Waals surface area contributed by atoms with Gasteiger partial charge in [-0.1, -0.05) is 61.9 Å². The summed E-state index contributed by atoms with van der Waals surface area (Å²) in [5.41, 5.74) is 4.67. The van der Waals surface area contributed by atoms with Crippen LogP contribution in [0.2, 0.25) is 0 Å². The number of benzene rings is 2. The van der Waals surface area contributed by atoms with Crippen LogP contribution in [-0.2, 0) is 14.3 Å². The second kappa shape index (κ2) is 10.1. The first kappa shape index (κ1) is 22.8. The Morgan fingerprint density at radius 3 is 2.27 bits per heavy atom. The number of hydrogen-bond donors (Lipinski definition) is 3. The number of alkyl carbamates (subject to hydrolysis) is 1. The minimum atomic E-state index is -1.03. The summed E-state index contributed by atoms with van der Waals surface area (Å²) < 4.78 is 5.62. The molecule has 2 aliphatic rings. The second-order valence-corrected chi connectivity index (χ2v) is 8.84. The summed E-state index contributed by atoms with van der Waals surface area (Å²) in [5.74, 6) is -1.61. The summed E-state index contributed by atoms with van der Waals surface area (Å²) in [6, 6.07) is 15.3. The van der Waals surface area contributed by atoms with E-state index >= 15 is 0 Å². The predicted octanol–water partition coefficient (Wildman–Crippen LogP) is 4.06. The molecule has 1 saturated carbocycles. The molecule has 0 bridgehead atoms. The molecule has 0 aromatic heterocycles. The highest BCUT2D eigenvalue weighted by molar-refractivity contribution is 5.85. The number of rotatable bonds is 7. The van der Waals surface area contributed by atoms with Gasteiger partial charge in [-0.05, 0) is 47.9 Å². The van der Waals surface area contributed by atoms with Crippen molar-refractivity contribution in [2.24, 2.45) is 5.92 Å². The third-order valence-corrected chi connectivity index (χ3v) is 6.73. The van der Waals surface area contributed by atoms with Gasteiger partial charge in [0.1, 0.15) is 12.6 Å². The van der Waals surface area contributed by atoms with Gasteiger partial charge in [0.2, 0.25) is 5.91 Å². The molecule has 0 unspecified atom stereocenters. The minimum Gasteiger partial charge on any atom is -0.480 e. The molecule has 0 heterocycles. The highest BCUT2D eigenvalue weighted by Gasteiger charge is 2.32. The van der Waals surface area contributed by atoms with Gasteiger partial charge in [-0.3, -0.25) is 4.79 Å². The number of hydrogen-bond acceptors (Lipinski definition) is 4. The Kier molecular flexibility index (Phi) is 6.96. The lowest BCUT2D eigenvalue weighted by Gasteiger charge is -2.29. The summed E-state index contributed by atoms with van der Waals surface area (Å²) in [6.45, 7) is 1.97. The standard InChI is InChI=1S/C26H30N2O5/c1-2-23(25(30)31)28-24(29)16-8-7-9-17(14-16)27-26(32)33-15-22-20-12-5-3-10-18(20)19-11-4-6-13-21(19)22/h3-6,10-13,16-17,22-23H,2,7-9,14-15H2,1H3,(H,27,32)(H,28,29)(H,30,31)/t16-,17+,23+/m0/s1. The van der Waals surface area contributed by atoms with Crippen LogP contribution in [-0.4, -0.2) is 41.8 Å². The maximum absolute atomic E-state index is 12.6. The molecule has 7 heteroatoms. The van der Waals surface area contributed by atoms with Crippen LogP contribution in [0.15, 0.2) is 48.5 Å². The summed E-state index contributed by atoms with van der Waals surface area (Å²) in [4.78, 5) is 36.3. The van der Waals surface area contributed by atoms with Crippen LogP contribution < -0.4 is 10.6 Å². The first-order chi connectivity index (χ1) is 16.0. The zero-order valence-corrected chi connectivity index (χ0v) is 18.8.